The number of nitrogens with one attached hydrogen (secondary N) is 1. The largest absolute Gasteiger partial charge is 0.361 e. The van der Waals surface area contributed by atoms with Crippen molar-refractivity contribution in [3.8, 4) is 0 Å². The molecule has 0 aliphatic heterocycles. The van der Waals surface area contributed by atoms with E-state index in [9.17, 15) is 9.59 Å². The van der Waals surface area contributed by atoms with E-state index in [1.807, 2.05) is 6.07 Å². The van der Waals surface area contributed by atoms with Crippen LogP contribution in [0.2, 0.25) is 5.02 Å². The van der Waals surface area contributed by atoms with E-state index in [4.69, 9.17) is 11.6 Å². The van der Waals surface area contributed by atoms with Gasteiger partial charge in [0.05, 0.1) is 0 Å². The second kappa shape index (κ2) is 4.68. The van der Waals surface area contributed by atoms with Crippen LogP contribution < -0.4 is 0 Å². The van der Waals surface area contributed by atoms with Crippen LogP contribution in [-0.4, -0.2) is 16.6 Å². The molecule has 0 amide bonds. The van der Waals surface area contributed by atoms with Gasteiger partial charge < -0.3 is 4.98 Å². The second-order valence-electron chi connectivity index (χ2n) is 5.19. The Labute approximate surface area is 131 Å². The Morgan fingerprint density at radius 3 is 2.50 bits per heavy atom. The van der Waals surface area contributed by atoms with Gasteiger partial charge in [-0.2, -0.15) is 0 Å². The first-order chi connectivity index (χ1) is 10.6. The first-order valence-corrected chi connectivity index (χ1v) is 7.20. The molecule has 0 saturated carbocycles. The van der Waals surface area contributed by atoms with Crippen molar-refractivity contribution >= 4 is 39.6 Å². The fraction of sp³-hybridized carbons (Fsp3) is 0. The van der Waals surface area contributed by atoms with Crippen LogP contribution in [0.1, 0.15) is 26.3 Å². The molecular formula is C18H10ClNO2. The molecule has 0 atom stereocenters. The van der Waals surface area contributed by atoms with Crippen LogP contribution in [-0.2, 0) is 0 Å². The fourth-order valence-corrected chi connectivity index (χ4v) is 3.00. The number of H-pyrrole nitrogens is 1. The zero-order valence-electron chi connectivity index (χ0n) is 11.4. The lowest BCUT2D eigenvalue weighted by atomic mass is 9.86. The minimum absolute atomic E-state index is 0.143. The lowest BCUT2D eigenvalue weighted by Gasteiger charge is -2.14. The number of Topliss-reactive ketones (excluding diaryl/α,β-unsaturated/α-hetero) is 1. The molecule has 3 nitrogen and oxygen atoms in total. The van der Waals surface area contributed by atoms with Gasteiger partial charge in [0.15, 0.2) is 11.6 Å². The third-order valence-corrected chi connectivity index (χ3v) is 4.13. The normalized spacial score (nSPS) is 14.1. The molecule has 3 aromatic rings. The summed E-state index contributed by atoms with van der Waals surface area (Å²) in [4.78, 5) is 28.1. The van der Waals surface area contributed by atoms with Gasteiger partial charge in [-0.1, -0.05) is 35.9 Å². The van der Waals surface area contributed by atoms with E-state index in [-0.39, 0.29) is 11.6 Å². The van der Waals surface area contributed by atoms with Gasteiger partial charge in [-0.3, -0.25) is 9.59 Å². The molecule has 0 spiro atoms. The van der Waals surface area contributed by atoms with Gasteiger partial charge in [-0.25, -0.2) is 0 Å². The topological polar surface area (TPSA) is 49.9 Å². The number of rotatable bonds is 1. The van der Waals surface area contributed by atoms with E-state index < -0.39 is 0 Å². The highest BCUT2D eigenvalue weighted by atomic mass is 35.5. The van der Waals surface area contributed by atoms with Gasteiger partial charge in [0.2, 0.25) is 0 Å². The summed E-state index contributed by atoms with van der Waals surface area (Å²) in [6.07, 6.45) is 3.15. The maximum atomic E-state index is 12.7. The number of allylic oxidation sites excluding steroid dienone is 2. The van der Waals surface area contributed by atoms with Crippen LogP contribution in [0.25, 0.3) is 16.5 Å². The second-order valence-corrected chi connectivity index (χ2v) is 5.63. The van der Waals surface area contributed by atoms with Gasteiger partial charge in [-0.15, -0.1) is 0 Å². The number of aromatic amines is 1. The molecule has 1 N–H and O–H groups in total. The van der Waals surface area contributed by atoms with Crippen LogP contribution in [0.3, 0.4) is 0 Å². The van der Waals surface area contributed by atoms with Crippen LogP contribution in [0.5, 0.6) is 0 Å². The number of carbonyl (C=O) groups excluding carboxylic acids is 2. The SMILES string of the molecule is O=C1C=C(c2c[nH]c3ccc(Cl)cc23)C(=O)c2ccccc21. The quantitative estimate of drug-likeness (QED) is 0.729. The highest BCUT2D eigenvalue weighted by molar-refractivity contribution is 6.40. The van der Waals surface area contributed by atoms with Gasteiger partial charge >= 0.3 is 0 Å². The predicted octanol–water partition coefficient (Wildman–Crippen LogP) is 4.28. The number of halogens is 1. The number of fused-ring (bicyclic) bond motifs is 2. The highest BCUT2D eigenvalue weighted by Gasteiger charge is 2.27. The highest BCUT2D eigenvalue weighted by Crippen LogP contribution is 2.33. The Bertz CT molecular complexity index is 982. The zero-order chi connectivity index (χ0) is 15.3. The van der Waals surface area contributed by atoms with Gasteiger partial charge in [0.25, 0.3) is 0 Å². The summed E-state index contributed by atoms with van der Waals surface area (Å²) in [5.41, 5.74) is 2.87. The Morgan fingerprint density at radius 2 is 1.68 bits per heavy atom. The summed E-state index contributed by atoms with van der Waals surface area (Å²) in [5, 5.41) is 1.42. The number of ketones is 2. The van der Waals surface area contributed by atoms with Crippen LogP contribution in [0, 0.1) is 0 Å². The summed E-state index contributed by atoms with van der Waals surface area (Å²) >= 11 is 6.05. The molecule has 106 valence electrons. The maximum Gasteiger partial charge on any atom is 0.194 e. The molecule has 1 heterocycles. The van der Waals surface area contributed by atoms with Crippen molar-refractivity contribution in [1.82, 2.24) is 4.98 Å². The Hall–Kier alpha value is -2.65. The van der Waals surface area contributed by atoms with Gasteiger partial charge in [0.1, 0.15) is 0 Å². The molecule has 0 saturated heterocycles. The molecule has 2 aromatic carbocycles. The molecule has 4 heteroatoms. The van der Waals surface area contributed by atoms with E-state index in [0.717, 1.165) is 10.9 Å². The molecule has 4 rings (SSSR count). The van der Waals surface area contributed by atoms with E-state index in [1.165, 1.54) is 6.08 Å². The van der Waals surface area contributed by atoms with Crippen molar-refractivity contribution in [2.24, 2.45) is 0 Å². The molecule has 22 heavy (non-hydrogen) atoms. The minimum Gasteiger partial charge on any atom is -0.361 e. The molecule has 0 fully saturated rings. The Morgan fingerprint density at radius 1 is 0.909 bits per heavy atom. The van der Waals surface area contributed by atoms with Gasteiger partial charge in [-0.05, 0) is 24.3 Å². The summed E-state index contributed by atoms with van der Waals surface area (Å²) < 4.78 is 0. The lowest BCUT2D eigenvalue weighted by Crippen LogP contribution is -2.15. The monoisotopic (exact) mass is 307 g/mol. The average molecular weight is 308 g/mol. The average Bonchev–Trinajstić information content (AvgIpc) is 2.94. The number of hydrogen-bond acceptors (Lipinski definition) is 2. The smallest absolute Gasteiger partial charge is 0.194 e. The van der Waals surface area contributed by atoms with Crippen molar-refractivity contribution in [3.63, 3.8) is 0 Å². The van der Waals surface area contributed by atoms with E-state index >= 15 is 0 Å². The van der Waals surface area contributed by atoms with Crippen molar-refractivity contribution in [1.29, 1.82) is 0 Å². The van der Waals surface area contributed by atoms with Crippen molar-refractivity contribution < 1.29 is 9.59 Å². The number of carbonyl (C=O) groups is 2. The molecule has 1 aliphatic rings. The summed E-state index contributed by atoms with van der Waals surface area (Å²) in [6.45, 7) is 0. The summed E-state index contributed by atoms with van der Waals surface area (Å²) in [5.74, 6) is -0.294. The van der Waals surface area contributed by atoms with Crippen LogP contribution >= 0.6 is 11.6 Å². The van der Waals surface area contributed by atoms with Crippen molar-refractivity contribution in [3.05, 3.63) is 76.5 Å². The molecule has 0 bridgehead atoms. The standard InChI is InChI=1S/C18H10ClNO2/c19-10-5-6-16-13(7-10)15(9-20-16)14-8-17(21)11-3-1-2-4-12(11)18(14)22/h1-9,20H. The van der Waals surface area contributed by atoms with Crippen molar-refractivity contribution in [2.75, 3.05) is 0 Å². The maximum absolute atomic E-state index is 12.7. The van der Waals surface area contributed by atoms with E-state index in [1.54, 1.807) is 42.6 Å². The summed E-state index contributed by atoms with van der Waals surface area (Å²) in [7, 11) is 0. The Balaban J connectivity index is 1.94. The molecular weight excluding hydrogens is 298 g/mol. The predicted molar refractivity (Wildman–Crippen MR) is 86.4 cm³/mol. The van der Waals surface area contributed by atoms with Gasteiger partial charge in [0, 0.05) is 44.4 Å². The molecule has 0 radical (unpaired) electrons. The first-order valence-electron chi connectivity index (χ1n) is 6.82. The lowest BCUT2D eigenvalue weighted by molar-refractivity contribution is 0.100. The summed E-state index contributed by atoms with van der Waals surface area (Å²) in [6, 6.07) is 12.3. The van der Waals surface area contributed by atoms with Crippen molar-refractivity contribution in [2.45, 2.75) is 0 Å². The van der Waals surface area contributed by atoms with E-state index in [0.29, 0.717) is 27.3 Å². The minimum atomic E-state index is -0.151. The third kappa shape index (κ3) is 1.83. The number of hydrogen-bond donors (Lipinski definition) is 1. The fourth-order valence-electron chi connectivity index (χ4n) is 2.83. The van der Waals surface area contributed by atoms with Crippen LogP contribution in [0.15, 0.2) is 54.7 Å². The number of aromatic nitrogens is 1. The molecule has 0 unspecified atom stereocenters. The Kier molecular flexibility index (Phi) is 2.78. The molecule has 1 aliphatic carbocycles. The third-order valence-electron chi connectivity index (χ3n) is 3.89. The molecule has 1 aromatic heterocycles. The van der Waals surface area contributed by atoms with E-state index in [2.05, 4.69) is 4.98 Å². The first kappa shape index (κ1) is 13.0. The van der Waals surface area contributed by atoms with Crippen LogP contribution in [0.4, 0.5) is 0 Å². The zero-order valence-corrected chi connectivity index (χ0v) is 12.1. The number of benzene rings is 2.